The van der Waals surface area contributed by atoms with E-state index in [1.165, 1.54) is 31.4 Å². The Morgan fingerprint density at radius 1 is 1.26 bits per heavy atom. The zero-order valence-electron chi connectivity index (χ0n) is 10.8. The van der Waals surface area contributed by atoms with Crippen molar-refractivity contribution in [2.24, 2.45) is 5.92 Å². The second-order valence-electron chi connectivity index (χ2n) is 5.56. The standard InChI is InChI=1S/C15H18FNO2/c16-11-6-7-12(14(18)9-11)15(19)17-8-2-4-10-3-1-5-13(10)17/h6-7,9-10,13,18H,1-5,8H2. The van der Waals surface area contributed by atoms with Crippen molar-refractivity contribution in [2.45, 2.75) is 38.1 Å². The molecule has 2 atom stereocenters. The number of carbonyl (C=O) groups is 1. The molecule has 1 aromatic carbocycles. The van der Waals surface area contributed by atoms with E-state index in [0.717, 1.165) is 25.5 Å². The highest BCUT2D eigenvalue weighted by molar-refractivity contribution is 5.97. The maximum Gasteiger partial charge on any atom is 0.257 e. The number of rotatable bonds is 1. The van der Waals surface area contributed by atoms with Crippen molar-refractivity contribution < 1.29 is 14.3 Å². The fourth-order valence-electron chi connectivity index (χ4n) is 3.55. The molecule has 0 bridgehead atoms. The van der Waals surface area contributed by atoms with E-state index in [1.54, 1.807) is 0 Å². The summed E-state index contributed by atoms with van der Waals surface area (Å²) in [5.41, 5.74) is 0.217. The van der Waals surface area contributed by atoms with E-state index in [1.807, 2.05) is 4.90 Å². The SMILES string of the molecule is O=C(c1ccc(F)cc1O)N1CCCC2CCCC21. The number of phenolic OH excluding ortho intramolecular Hbond substituents is 1. The van der Waals surface area contributed by atoms with Crippen molar-refractivity contribution in [3.05, 3.63) is 29.6 Å². The Bertz CT molecular complexity index is 503. The highest BCUT2D eigenvalue weighted by atomic mass is 19.1. The van der Waals surface area contributed by atoms with Crippen LogP contribution >= 0.6 is 0 Å². The van der Waals surface area contributed by atoms with Crippen LogP contribution < -0.4 is 0 Å². The zero-order chi connectivity index (χ0) is 13.4. The van der Waals surface area contributed by atoms with Crippen LogP contribution in [0, 0.1) is 11.7 Å². The van der Waals surface area contributed by atoms with Gasteiger partial charge in [0.25, 0.3) is 5.91 Å². The third kappa shape index (κ3) is 2.20. The molecule has 0 aromatic heterocycles. The Morgan fingerprint density at radius 3 is 2.84 bits per heavy atom. The van der Waals surface area contributed by atoms with Crippen molar-refractivity contribution in [2.75, 3.05) is 6.54 Å². The molecule has 2 aliphatic rings. The number of likely N-dealkylation sites (tertiary alicyclic amines) is 1. The normalized spacial score (nSPS) is 26.3. The molecular weight excluding hydrogens is 245 g/mol. The molecule has 1 heterocycles. The van der Waals surface area contributed by atoms with Gasteiger partial charge in [0.15, 0.2) is 0 Å². The summed E-state index contributed by atoms with van der Waals surface area (Å²) in [4.78, 5) is 14.4. The molecule has 1 saturated carbocycles. The summed E-state index contributed by atoms with van der Waals surface area (Å²) in [6.07, 6.45) is 5.65. The minimum absolute atomic E-state index is 0.158. The van der Waals surface area contributed by atoms with Crippen LogP contribution in [0.15, 0.2) is 18.2 Å². The van der Waals surface area contributed by atoms with Crippen molar-refractivity contribution in [1.29, 1.82) is 0 Å². The molecular formula is C15H18FNO2. The molecule has 1 amide bonds. The number of hydrogen-bond acceptors (Lipinski definition) is 2. The van der Waals surface area contributed by atoms with Gasteiger partial charge in [0, 0.05) is 18.7 Å². The summed E-state index contributed by atoms with van der Waals surface area (Å²) >= 11 is 0. The topological polar surface area (TPSA) is 40.5 Å². The van der Waals surface area contributed by atoms with E-state index in [9.17, 15) is 14.3 Å². The number of phenols is 1. The zero-order valence-corrected chi connectivity index (χ0v) is 10.8. The summed E-state index contributed by atoms with van der Waals surface area (Å²) in [7, 11) is 0. The first kappa shape index (κ1) is 12.5. The smallest absolute Gasteiger partial charge is 0.257 e. The number of halogens is 1. The minimum atomic E-state index is -0.522. The summed E-state index contributed by atoms with van der Waals surface area (Å²) < 4.78 is 13.0. The number of nitrogens with zero attached hydrogens (tertiary/aromatic N) is 1. The minimum Gasteiger partial charge on any atom is -0.507 e. The van der Waals surface area contributed by atoms with Gasteiger partial charge in [-0.15, -0.1) is 0 Å². The average Bonchev–Trinajstić information content (AvgIpc) is 2.86. The van der Waals surface area contributed by atoms with Crippen LogP contribution in [-0.2, 0) is 0 Å². The van der Waals surface area contributed by atoms with E-state index >= 15 is 0 Å². The highest BCUT2D eigenvalue weighted by Gasteiger charge is 2.38. The molecule has 0 spiro atoms. The predicted molar refractivity (Wildman–Crippen MR) is 69.5 cm³/mol. The number of aromatic hydroxyl groups is 1. The maximum atomic E-state index is 13.0. The van der Waals surface area contributed by atoms with Crippen LogP contribution in [0.3, 0.4) is 0 Å². The van der Waals surface area contributed by atoms with E-state index in [2.05, 4.69) is 0 Å². The number of piperidine rings is 1. The molecule has 102 valence electrons. The van der Waals surface area contributed by atoms with Gasteiger partial charge in [0.2, 0.25) is 0 Å². The Balaban J connectivity index is 1.86. The van der Waals surface area contributed by atoms with Gasteiger partial charge in [0.05, 0.1) is 5.56 Å². The van der Waals surface area contributed by atoms with Gasteiger partial charge in [-0.1, -0.05) is 6.42 Å². The van der Waals surface area contributed by atoms with Crippen molar-refractivity contribution in [1.82, 2.24) is 4.90 Å². The monoisotopic (exact) mass is 263 g/mol. The molecule has 1 aliphatic heterocycles. The highest BCUT2D eigenvalue weighted by Crippen LogP contribution is 2.38. The van der Waals surface area contributed by atoms with E-state index in [-0.39, 0.29) is 17.2 Å². The molecule has 4 heteroatoms. The van der Waals surface area contributed by atoms with Crippen LogP contribution in [0.1, 0.15) is 42.5 Å². The van der Waals surface area contributed by atoms with Crippen LogP contribution in [-0.4, -0.2) is 28.5 Å². The average molecular weight is 263 g/mol. The second-order valence-corrected chi connectivity index (χ2v) is 5.56. The molecule has 1 aliphatic carbocycles. The lowest BCUT2D eigenvalue weighted by molar-refractivity contribution is 0.0545. The largest absolute Gasteiger partial charge is 0.507 e. The lowest BCUT2D eigenvalue weighted by Crippen LogP contribution is -2.46. The molecule has 2 unspecified atom stereocenters. The molecule has 0 radical (unpaired) electrons. The van der Waals surface area contributed by atoms with Crippen molar-refractivity contribution in [3.63, 3.8) is 0 Å². The first-order valence-electron chi connectivity index (χ1n) is 6.96. The molecule has 1 saturated heterocycles. The quantitative estimate of drug-likeness (QED) is 0.846. The molecule has 3 nitrogen and oxygen atoms in total. The number of carbonyl (C=O) groups excluding carboxylic acids is 1. The molecule has 19 heavy (non-hydrogen) atoms. The fraction of sp³-hybridized carbons (Fsp3) is 0.533. The van der Waals surface area contributed by atoms with Gasteiger partial charge in [-0.3, -0.25) is 4.79 Å². The molecule has 2 fully saturated rings. The summed E-state index contributed by atoms with van der Waals surface area (Å²) in [5, 5.41) is 9.75. The van der Waals surface area contributed by atoms with Crippen LogP contribution in [0.25, 0.3) is 0 Å². The number of fused-ring (bicyclic) bond motifs is 1. The Labute approximate surface area is 112 Å². The van der Waals surface area contributed by atoms with Crippen molar-refractivity contribution >= 4 is 5.91 Å². The number of hydrogen-bond donors (Lipinski definition) is 1. The Morgan fingerprint density at radius 2 is 2.05 bits per heavy atom. The summed E-state index contributed by atoms with van der Waals surface area (Å²) in [6, 6.07) is 3.92. The maximum absolute atomic E-state index is 13.0. The Hall–Kier alpha value is -1.58. The van der Waals surface area contributed by atoms with Gasteiger partial charge in [-0.2, -0.15) is 0 Å². The van der Waals surface area contributed by atoms with Crippen LogP contribution in [0.2, 0.25) is 0 Å². The fourth-order valence-corrected chi connectivity index (χ4v) is 3.55. The van der Waals surface area contributed by atoms with Gasteiger partial charge >= 0.3 is 0 Å². The van der Waals surface area contributed by atoms with Crippen LogP contribution in [0.5, 0.6) is 5.75 Å². The van der Waals surface area contributed by atoms with E-state index in [4.69, 9.17) is 0 Å². The first-order chi connectivity index (χ1) is 9.16. The predicted octanol–water partition coefficient (Wildman–Crippen LogP) is 2.94. The summed E-state index contributed by atoms with van der Waals surface area (Å²) in [5.74, 6) is -0.328. The van der Waals surface area contributed by atoms with Crippen LogP contribution in [0.4, 0.5) is 4.39 Å². The van der Waals surface area contributed by atoms with Gasteiger partial charge < -0.3 is 10.0 Å². The van der Waals surface area contributed by atoms with Crippen molar-refractivity contribution in [3.8, 4) is 5.75 Å². The summed E-state index contributed by atoms with van der Waals surface area (Å²) in [6.45, 7) is 0.747. The van der Waals surface area contributed by atoms with Gasteiger partial charge in [-0.05, 0) is 43.7 Å². The lowest BCUT2D eigenvalue weighted by Gasteiger charge is -2.37. The second kappa shape index (κ2) is 4.83. The first-order valence-corrected chi connectivity index (χ1v) is 6.96. The lowest BCUT2D eigenvalue weighted by atomic mass is 9.91. The third-order valence-corrected chi connectivity index (χ3v) is 4.44. The number of amides is 1. The Kier molecular flexibility index (Phi) is 3.17. The van der Waals surface area contributed by atoms with E-state index < -0.39 is 5.82 Å². The van der Waals surface area contributed by atoms with Gasteiger partial charge in [-0.25, -0.2) is 4.39 Å². The van der Waals surface area contributed by atoms with Gasteiger partial charge in [0.1, 0.15) is 11.6 Å². The molecule has 1 N–H and O–H groups in total. The number of benzene rings is 1. The van der Waals surface area contributed by atoms with E-state index in [0.29, 0.717) is 12.0 Å². The molecule has 1 aromatic rings. The molecule has 3 rings (SSSR count). The third-order valence-electron chi connectivity index (χ3n) is 4.44.